The maximum absolute atomic E-state index is 12.0. The fourth-order valence-corrected chi connectivity index (χ4v) is 3.38. The Kier molecular flexibility index (Phi) is 15.0. The third kappa shape index (κ3) is 14.1. The molecule has 1 aliphatic heterocycles. The second-order valence-electron chi connectivity index (χ2n) is 9.76. The summed E-state index contributed by atoms with van der Waals surface area (Å²) in [5.74, 6) is 1.34. The third-order valence-corrected chi connectivity index (χ3v) is 5.25. The number of nitrogens with zero attached hydrogens (tertiary/aromatic N) is 3. The highest BCUT2D eigenvalue weighted by Crippen LogP contribution is 2.18. The van der Waals surface area contributed by atoms with E-state index in [4.69, 9.17) is 5.26 Å². The van der Waals surface area contributed by atoms with Gasteiger partial charge >= 0.3 is 0 Å². The lowest BCUT2D eigenvalue weighted by molar-refractivity contribution is -0.125. The van der Waals surface area contributed by atoms with Crippen molar-refractivity contribution in [2.24, 2.45) is 11.3 Å². The maximum atomic E-state index is 12.0. The molecule has 0 aromatic carbocycles. The minimum Gasteiger partial charge on any atom is -0.369 e. The predicted octanol–water partition coefficient (Wildman–Crippen LogP) is 5.49. The van der Waals surface area contributed by atoms with E-state index in [2.05, 4.69) is 59.7 Å². The fraction of sp³-hybridized carbons (Fsp3) is 0.571. The van der Waals surface area contributed by atoms with E-state index >= 15 is 0 Å². The molecule has 0 unspecified atom stereocenters. The van der Waals surface area contributed by atoms with Crippen LogP contribution < -0.4 is 16.0 Å². The van der Waals surface area contributed by atoms with Crippen LogP contribution in [0.4, 0.5) is 5.82 Å². The summed E-state index contributed by atoms with van der Waals surface area (Å²) in [6, 6.07) is 1.95. The Morgan fingerprint density at radius 3 is 2.54 bits per heavy atom. The number of rotatable bonds is 8. The molecule has 2 rings (SSSR count). The van der Waals surface area contributed by atoms with Crippen LogP contribution in [0.15, 0.2) is 36.6 Å². The SMILES string of the molecule is C/C=C/c1cnc(C#N)nc1NCC(C)(C)C.CC/C=C\C=C/CNC(=O)C1CCCNCCC1.[HH]. The zero-order valence-electron chi connectivity index (χ0n) is 22.2. The molecule has 3 N–H and O–H groups in total. The van der Waals surface area contributed by atoms with Gasteiger partial charge in [0.25, 0.3) is 0 Å². The number of carbonyl (C=O) groups is 1. The number of carbonyl (C=O) groups excluding carboxylic acids is 1. The van der Waals surface area contributed by atoms with Crippen molar-refractivity contribution in [1.29, 1.82) is 5.26 Å². The molecule has 7 nitrogen and oxygen atoms in total. The van der Waals surface area contributed by atoms with E-state index in [-0.39, 0.29) is 24.5 Å². The van der Waals surface area contributed by atoms with Crippen molar-refractivity contribution in [1.82, 2.24) is 20.6 Å². The summed E-state index contributed by atoms with van der Waals surface area (Å²) in [5.41, 5.74) is 1.06. The van der Waals surface area contributed by atoms with Gasteiger partial charge in [-0.05, 0) is 57.5 Å². The molecule has 1 amide bonds. The summed E-state index contributed by atoms with van der Waals surface area (Å²) < 4.78 is 0. The number of anilines is 1. The Morgan fingerprint density at radius 2 is 1.94 bits per heavy atom. The molecule has 1 fully saturated rings. The van der Waals surface area contributed by atoms with Gasteiger partial charge in [0.15, 0.2) is 0 Å². The first-order valence-electron chi connectivity index (χ1n) is 12.7. The molecule has 1 saturated heterocycles. The molecule has 194 valence electrons. The quantitative estimate of drug-likeness (QED) is 0.423. The molecule has 1 aromatic heterocycles. The average molecular weight is 483 g/mol. The number of hydrogen-bond donors (Lipinski definition) is 3. The van der Waals surface area contributed by atoms with Gasteiger partial charge in [-0.1, -0.05) is 64.2 Å². The van der Waals surface area contributed by atoms with Gasteiger partial charge in [-0.15, -0.1) is 0 Å². The molecule has 2 heterocycles. The minimum absolute atomic E-state index is 0. The molecule has 0 aliphatic carbocycles. The van der Waals surface area contributed by atoms with Crippen LogP contribution in [0, 0.1) is 22.7 Å². The fourth-order valence-electron chi connectivity index (χ4n) is 3.38. The van der Waals surface area contributed by atoms with Gasteiger partial charge in [-0.3, -0.25) is 4.79 Å². The first kappa shape index (κ1) is 30.1. The third-order valence-electron chi connectivity index (χ3n) is 5.25. The zero-order valence-corrected chi connectivity index (χ0v) is 22.2. The largest absolute Gasteiger partial charge is 0.369 e. The van der Waals surface area contributed by atoms with Crippen molar-refractivity contribution >= 4 is 17.8 Å². The van der Waals surface area contributed by atoms with Crippen molar-refractivity contribution in [3.05, 3.63) is 48.0 Å². The molecule has 0 radical (unpaired) electrons. The summed E-state index contributed by atoms with van der Waals surface area (Å²) in [6.07, 6.45) is 18.9. The van der Waals surface area contributed by atoms with E-state index in [1.54, 1.807) is 6.20 Å². The van der Waals surface area contributed by atoms with Crippen LogP contribution in [-0.4, -0.2) is 42.1 Å². The van der Waals surface area contributed by atoms with Gasteiger partial charge in [-0.25, -0.2) is 9.97 Å². The first-order valence-corrected chi connectivity index (χ1v) is 12.7. The van der Waals surface area contributed by atoms with Gasteiger partial charge < -0.3 is 16.0 Å². The van der Waals surface area contributed by atoms with Gasteiger partial charge in [-0.2, -0.15) is 5.26 Å². The van der Waals surface area contributed by atoms with E-state index < -0.39 is 0 Å². The number of nitriles is 1. The summed E-state index contributed by atoms with van der Waals surface area (Å²) in [5, 5.41) is 18.4. The molecule has 1 aliphatic rings. The van der Waals surface area contributed by atoms with E-state index in [1.807, 2.05) is 43.4 Å². The monoisotopic (exact) mass is 482 g/mol. The van der Waals surface area contributed by atoms with Crippen molar-refractivity contribution in [3.8, 4) is 6.07 Å². The lowest BCUT2D eigenvalue weighted by Gasteiger charge is -2.19. The van der Waals surface area contributed by atoms with E-state index in [1.165, 1.54) is 0 Å². The van der Waals surface area contributed by atoms with Crippen molar-refractivity contribution in [2.75, 3.05) is 31.5 Å². The number of hydrogen-bond acceptors (Lipinski definition) is 6. The highest BCUT2D eigenvalue weighted by molar-refractivity contribution is 5.78. The van der Waals surface area contributed by atoms with Crippen molar-refractivity contribution in [3.63, 3.8) is 0 Å². The molecular formula is C28H46N6O. The average Bonchev–Trinajstić information content (AvgIpc) is 2.80. The van der Waals surface area contributed by atoms with Crippen LogP contribution in [0.5, 0.6) is 0 Å². The first-order chi connectivity index (χ1) is 16.8. The highest BCUT2D eigenvalue weighted by Gasteiger charge is 2.18. The van der Waals surface area contributed by atoms with Crippen LogP contribution in [0.2, 0.25) is 0 Å². The maximum Gasteiger partial charge on any atom is 0.234 e. The number of aromatic nitrogens is 2. The normalized spacial score (nSPS) is 15.3. The lowest BCUT2D eigenvalue weighted by Crippen LogP contribution is -2.33. The molecule has 7 heteroatoms. The number of amides is 1. The summed E-state index contributed by atoms with van der Waals surface area (Å²) in [4.78, 5) is 20.1. The van der Waals surface area contributed by atoms with Crippen molar-refractivity contribution in [2.45, 2.75) is 66.7 Å². The predicted molar refractivity (Wildman–Crippen MR) is 148 cm³/mol. The molecule has 0 atom stereocenters. The Hall–Kier alpha value is -2.98. The second-order valence-corrected chi connectivity index (χ2v) is 9.76. The van der Waals surface area contributed by atoms with Crippen LogP contribution in [-0.2, 0) is 4.79 Å². The summed E-state index contributed by atoms with van der Waals surface area (Å²) >= 11 is 0. The number of nitrogens with one attached hydrogen (secondary N) is 3. The lowest BCUT2D eigenvalue weighted by atomic mass is 9.95. The smallest absolute Gasteiger partial charge is 0.234 e. The van der Waals surface area contributed by atoms with Gasteiger partial charge in [0.2, 0.25) is 11.7 Å². The summed E-state index contributed by atoms with van der Waals surface area (Å²) in [6.45, 7) is 14.0. The number of allylic oxidation sites excluding steroid dienone is 4. The van der Waals surface area contributed by atoms with Crippen LogP contribution in [0.25, 0.3) is 6.08 Å². The van der Waals surface area contributed by atoms with Crippen molar-refractivity contribution < 1.29 is 6.22 Å². The Bertz CT molecular complexity index is 875. The Balaban J connectivity index is 0.000000663. The summed E-state index contributed by atoms with van der Waals surface area (Å²) in [7, 11) is 0. The molecule has 0 bridgehead atoms. The second kappa shape index (κ2) is 17.5. The minimum atomic E-state index is 0. The molecule has 0 saturated carbocycles. The Morgan fingerprint density at radius 1 is 1.26 bits per heavy atom. The van der Waals surface area contributed by atoms with Crippen LogP contribution >= 0.6 is 0 Å². The van der Waals surface area contributed by atoms with E-state index in [0.29, 0.717) is 12.4 Å². The van der Waals surface area contributed by atoms with Gasteiger partial charge in [0.1, 0.15) is 11.9 Å². The molecule has 0 spiro atoms. The van der Waals surface area contributed by atoms with Gasteiger partial charge in [0, 0.05) is 32.2 Å². The Labute approximate surface area is 213 Å². The van der Waals surface area contributed by atoms with Crippen LogP contribution in [0.1, 0.15) is 79.5 Å². The molecule has 1 aromatic rings. The zero-order chi connectivity index (χ0) is 25.9. The van der Waals surface area contributed by atoms with Gasteiger partial charge in [0.05, 0.1) is 0 Å². The molecule has 35 heavy (non-hydrogen) atoms. The van der Waals surface area contributed by atoms with E-state index in [0.717, 1.165) is 57.3 Å². The molecular weight excluding hydrogens is 436 g/mol. The topological polar surface area (TPSA) is 103 Å². The highest BCUT2D eigenvalue weighted by atomic mass is 16.1. The van der Waals surface area contributed by atoms with E-state index in [9.17, 15) is 4.79 Å². The van der Waals surface area contributed by atoms with Crippen LogP contribution in [0.3, 0.4) is 0 Å². The standard InChI is InChI=1S/C15H26N2O.C13H18N4.H2/c1-2-3-4-5-6-13-17-15(18)14-9-7-11-16-12-8-10-14;1-5-6-10-8-15-11(7-14)17-12(10)16-9-13(2,3)4;/h3-6,14,16H,2,7-13H2,1H3,(H,17,18);5-6,8H,9H2,1-4H3,(H,15,16,17);1H/b4-3-,6-5-;6-5+;.